The van der Waals surface area contributed by atoms with Gasteiger partial charge in [-0.15, -0.1) is 0 Å². The number of phenolic OH excluding ortho intramolecular Hbond substituents is 1. The lowest BCUT2D eigenvalue weighted by atomic mass is 9.57. The Labute approximate surface area is 223 Å². The number of aromatic hydroxyl groups is 1. The van der Waals surface area contributed by atoms with Gasteiger partial charge in [-0.1, -0.05) is 6.07 Å². The molecule has 0 spiro atoms. The molecule has 0 bridgehead atoms. The summed E-state index contributed by atoms with van der Waals surface area (Å²) in [6, 6.07) is 1.48. The number of morpholine rings is 1. The van der Waals surface area contributed by atoms with E-state index in [9.17, 15) is 39.6 Å². The van der Waals surface area contributed by atoms with E-state index in [0.29, 0.717) is 31.9 Å². The van der Waals surface area contributed by atoms with Gasteiger partial charge in [-0.2, -0.15) is 0 Å². The number of Topliss-reactive ketones (excluding diaryl/α,β-unsaturated/α-hetero) is 2. The lowest BCUT2D eigenvalue weighted by molar-refractivity contribution is -0.153. The van der Waals surface area contributed by atoms with Crippen LogP contribution in [0.15, 0.2) is 29.0 Å². The summed E-state index contributed by atoms with van der Waals surface area (Å²) in [5.74, 6) is -7.23. The van der Waals surface area contributed by atoms with Crippen LogP contribution in [-0.4, -0.2) is 106 Å². The molecule has 1 heterocycles. The number of phenols is 1. The van der Waals surface area contributed by atoms with Gasteiger partial charge in [-0.05, 0) is 44.5 Å². The minimum Gasteiger partial charge on any atom is -0.508 e. The predicted octanol–water partition coefficient (Wildman–Crippen LogP) is -0.172. The van der Waals surface area contributed by atoms with Gasteiger partial charge in [0.1, 0.15) is 22.8 Å². The normalized spacial score (nSPS) is 28.7. The number of aliphatic hydroxyl groups is 3. The molecule has 1 saturated heterocycles. The van der Waals surface area contributed by atoms with Crippen LogP contribution in [0.4, 0.5) is 10.5 Å². The third-order valence-electron chi connectivity index (χ3n) is 8.13. The van der Waals surface area contributed by atoms with Gasteiger partial charge < -0.3 is 41.1 Å². The quantitative estimate of drug-likeness (QED) is 0.220. The molecule has 1 aliphatic heterocycles. The van der Waals surface area contributed by atoms with Gasteiger partial charge in [0.2, 0.25) is 5.78 Å². The molecule has 7 N–H and O–H groups in total. The van der Waals surface area contributed by atoms with Crippen LogP contribution >= 0.6 is 0 Å². The Balaban J connectivity index is 1.58. The Bertz CT molecular complexity index is 1360. The van der Waals surface area contributed by atoms with Crippen molar-refractivity contribution in [2.45, 2.75) is 24.5 Å². The van der Waals surface area contributed by atoms with Crippen LogP contribution in [0.3, 0.4) is 0 Å². The highest BCUT2D eigenvalue weighted by atomic mass is 16.5. The number of fused-ring (bicyclic) bond motifs is 3. The number of carbonyl (C=O) groups excluding carboxylic acids is 4. The molecule has 4 atom stereocenters. The summed E-state index contributed by atoms with van der Waals surface area (Å²) in [4.78, 5) is 54.7. The highest BCUT2D eigenvalue weighted by molar-refractivity contribution is 6.24. The number of anilines is 1. The second-order valence-electron chi connectivity index (χ2n) is 10.5. The van der Waals surface area contributed by atoms with Gasteiger partial charge in [0.15, 0.2) is 11.4 Å². The van der Waals surface area contributed by atoms with Crippen LogP contribution in [0.5, 0.6) is 5.75 Å². The Morgan fingerprint density at radius 3 is 2.44 bits per heavy atom. The van der Waals surface area contributed by atoms with Crippen molar-refractivity contribution in [2.24, 2.45) is 17.6 Å². The number of nitrogens with two attached hydrogens (primary N) is 1. The van der Waals surface area contributed by atoms with Crippen molar-refractivity contribution < 1.29 is 44.3 Å². The van der Waals surface area contributed by atoms with Gasteiger partial charge in [0, 0.05) is 24.6 Å². The molecule has 1 aromatic carbocycles. The summed E-state index contributed by atoms with van der Waals surface area (Å²) in [6.07, 6.45) is 0.168. The smallest absolute Gasteiger partial charge is 0.322 e. The molecule has 2 fully saturated rings. The molecule has 13 nitrogen and oxygen atoms in total. The number of aliphatic hydroxyl groups excluding tert-OH is 2. The molecule has 3 amide bonds. The Kier molecular flexibility index (Phi) is 6.40. The van der Waals surface area contributed by atoms with Crippen molar-refractivity contribution in [1.29, 1.82) is 0 Å². The second kappa shape index (κ2) is 9.36. The number of likely N-dealkylation sites (N-methyl/N-ethyl adjacent to an activating group) is 1. The summed E-state index contributed by atoms with van der Waals surface area (Å²) >= 11 is 0. The molecule has 1 aromatic rings. The lowest BCUT2D eigenvalue weighted by Gasteiger charge is -2.50. The van der Waals surface area contributed by atoms with Crippen molar-refractivity contribution in [2.75, 3.05) is 45.7 Å². The molecular formula is C26H30N4O9. The Morgan fingerprint density at radius 1 is 1.15 bits per heavy atom. The molecule has 13 heteroatoms. The molecule has 5 rings (SSSR count). The van der Waals surface area contributed by atoms with E-state index >= 15 is 0 Å². The zero-order chi connectivity index (χ0) is 28.4. The van der Waals surface area contributed by atoms with Crippen molar-refractivity contribution >= 4 is 35.0 Å². The summed E-state index contributed by atoms with van der Waals surface area (Å²) in [5.41, 5.74) is 1.90. The van der Waals surface area contributed by atoms with Gasteiger partial charge in [-0.3, -0.25) is 19.3 Å². The van der Waals surface area contributed by atoms with Crippen LogP contribution < -0.4 is 11.1 Å². The number of hydrogen-bond acceptors (Lipinski definition) is 10. The van der Waals surface area contributed by atoms with E-state index in [0.717, 1.165) is 0 Å². The summed E-state index contributed by atoms with van der Waals surface area (Å²) in [6.45, 7) is 1.48. The van der Waals surface area contributed by atoms with E-state index < -0.39 is 69.8 Å². The van der Waals surface area contributed by atoms with E-state index in [-0.39, 0.29) is 29.7 Å². The first kappa shape index (κ1) is 26.7. The zero-order valence-electron chi connectivity index (χ0n) is 21.4. The molecule has 39 heavy (non-hydrogen) atoms. The van der Waals surface area contributed by atoms with Crippen LogP contribution in [0, 0.1) is 11.8 Å². The van der Waals surface area contributed by atoms with Gasteiger partial charge in [0.25, 0.3) is 5.91 Å². The zero-order valence-corrected chi connectivity index (χ0v) is 21.4. The first-order valence-electron chi connectivity index (χ1n) is 12.5. The monoisotopic (exact) mass is 542 g/mol. The van der Waals surface area contributed by atoms with E-state index in [1.165, 1.54) is 30.0 Å². The number of carbonyl (C=O) groups is 4. The number of urea groups is 1. The second-order valence-corrected chi connectivity index (χ2v) is 10.5. The standard InChI is InChI=1S/C26H30N4O9/c1-29(2)18-13-10-12-9-11-3-4-14(28-25(37)30-5-7-39-8-6-30)19(31)15(11)20(32)16(12)22(34)26(13,38)23(35)17(21(18)33)24(27)36/h3-4,12-13,18,31-32,35,38H,5-10H2,1-2H3,(H2,27,36)(H,28,37). The van der Waals surface area contributed by atoms with E-state index in [2.05, 4.69) is 5.32 Å². The SMILES string of the molecule is CN(C)C1C(=O)C(C(N)=O)=C(O)C2(O)C(=O)C3=C(O)c4c(ccc(NC(=O)N5CCOCC5)c4O)CC3CC12. The summed E-state index contributed by atoms with van der Waals surface area (Å²) in [5, 5.41) is 47.5. The summed E-state index contributed by atoms with van der Waals surface area (Å²) in [7, 11) is 3.08. The number of nitrogens with one attached hydrogen (secondary N) is 1. The maximum atomic E-state index is 13.9. The first-order chi connectivity index (χ1) is 18.4. The van der Waals surface area contributed by atoms with Gasteiger partial charge in [-0.25, -0.2) is 4.79 Å². The van der Waals surface area contributed by atoms with Crippen LogP contribution in [0.2, 0.25) is 0 Å². The Hall–Kier alpha value is -3.94. The molecule has 0 aromatic heterocycles. The van der Waals surface area contributed by atoms with E-state index in [4.69, 9.17) is 10.5 Å². The van der Waals surface area contributed by atoms with Gasteiger partial charge >= 0.3 is 6.03 Å². The highest BCUT2D eigenvalue weighted by Crippen LogP contribution is 2.53. The van der Waals surface area contributed by atoms with E-state index in [1.54, 1.807) is 6.07 Å². The number of hydrogen-bond donors (Lipinski definition) is 6. The van der Waals surface area contributed by atoms with Crippen molar-refractivity contribution in [3.63, 3.8) is 0 Å². The minimum absolute atomic E-state index is 0.00203. The fourth-order valence-corrected chi connectivity index (χ4v) is 6.28. The lowest BCUT2D eigenvalue weighted by Crippen LogP contribution is -2.65. The number of ether oxygens (including phenoxy) is 1. The van der Waals surface area contributed by atoms with E-state index in [1.807, 2.05) is 0 Å². The van der Waals surface area contributed by atoms with Gasteiger partial charge in [0.05, 0.1) is 30.5 Å². The number of primary amides is 1. The average molecular weight is 543 g/mol. The molecule has 4 unspecified atom stereocenters. The first-order valence-corrected chi connectivity index (χ1v) is 12.5. The number of amides is 3. The summed E-state index contributed by atoms with van der Waals surface area (Å²) < 4.78 is 5.24. The number of rotatable bonds is 3. The molecule has 0 radical (unpaired) electrons. The van der Waals surface area contributed by atoms with Crippen LogP contribution in [-0.2, 0) is 25.5 Å². The third kappa shape index (κ3) is 3.87. The highest BCUT2D eigenvalue weighted by Gasteiger charge is 2.64. The number of benzene rings is 1. The fraction of sp³-hybridized carbons (Fsp3) is 0.462. The third-order valence-corrected chi connectivity index (χ3v) is 8.13. The average Bonchev–Trinajstić information content (AvgIpc) is 2.88. The van der Waals surface area contributed by atoms with Crippen LogP contribution in [0.25, 0.3) is 5.76 Å². The topological polar surface area (TPSA) is 203 Å². The predicted molar refractivity (Wildman–Crippen MR) is 136 cm³/mol. The number of ketones is 2. The molecule has 4 aliphatic rings. The molecule has 1 saturated carbocycles. The van der Waals surface area contributed by atoms with Crippen molar-refractivity contribution in [3.05, 3.63) is 40.2 Å². The minimum atomic E-state index is -2.71. The molecular weight excluding hydrogens is 512 g/mol. The number of nitrogens with zero attached hydrogens (tertiary/aromatic N) is 2. The van der Waals surface area contributed by atoms with Crippen molar-refractivity contribution in [1.82, 2.24) is 9.80 Å². The largest absolute Gasteiger partial charge is 0.508 e. The molecule has 208 valence electrons. The van der Waals surface area contributed by atoms with Crippen molar-refractivity contribution in [3.8, 4) is 5.75 Å². The maximum Gasteiger partial charge on any atom is 0.322 e. The molecule has 3 aliphatic carbocycles. The maximum absolute atomic E-state index is 13.9. The fourth-order valence-electron chi connectivity index (χ4n) is 6.28. The Morgan fingerprint density at radius 2 is 1.82 bits per heavy atom. The van der Waals surface area contributed by atoms with Crippen LogP contribution in [0.1, 0.15) is 17.5 Å².